The van der Waals surface area contributed by atoms with E-state index in [1.807, 2.05) is 23.6 Å². The molecule has 6 heteroatoms. The SMILES string of the molecule is Cc1ncc(C(=O)N2CCCC3(CCC(=O)N(CCC(C)C)C3)C2)c(C)n1. The minimum atomic E-state index is 0.0252. The van der Waals surface area contributed by atoms with Gasteiger partial charge >= 0.3 is 0 Å². The van der Waals surface area contributed by atoms with Gasteiger partial charge in [-0.05, 0) is 45.4 Å². The largest absolute Gasteiger partial charge is 0.342 e. The molecule has 2 amide bonds. The molecule has 0 saturated carbocycles. The lowest BCUT2D eigenvalue weighted by atomic mass is 9.73. The molecule has 0 aromatic carbocycles. The number of carbonyl (C=O) groups excluding carboxylic acids is 2. The summed E-state index contributed by atoms with van der Waals surface area (Å²) in [5, 5.41) is 0. The van der Waals surface area contributed by atoms with Crippen molar-refractivity contribution in [1.82, 2.24) is 19.8 Å². The minimum absolute atomic E-state index is 0.0252. The first-order chi connectivity index (χ1) is 12.8. The van der Waals surface area contributed by atoms with E-state index in [-0.39, 0.29) is 17.2 Å². The zero-order valence-corrected chi connectivity index (χ0v) is 17.1. The highest BCUT2D eigenvalue weighted by molar-refractivity contribution is 5.95. The average Bonchev–Trinajstić information content (AvgIpc) is 2.62. The van der Waals surface area contributed by atoms with Gasteiger partial charge in [0.05, 0.1) is 11.3 Å². The Morgan fingerprint density at radius 2 is 2.04 bits per heavy atom. The lowest BCUT2D eigenvalue weighted by molar-refractivity contribution is -0.139. The van der Waals surface area contributed by atoms with Crippen LogP contribution in [0.1, 0.15) is 67.8 Å². The summed E-state index contributed by atoms with van der Waals surface area (Å²) in [5.41, 5.74) is 1.38. The summed E-state index contributed by atoms with van der Waals surface area (Å²) in [7, 11) is 0. The lowest BCUT2D eigenvalue weighted by Crippen LogP contribution is -2.55. The van der Waals surface area contributed by atoms with E-state index in [1.54, 1.807) is 6.20 Å². The maximum atomic E-state index is 13.1. The van der Waals surface area contributed by atoms with Crippen LogP contribution in [0.5, 0.6) is 0 Å². The number of piperidine rings is 2. The van der Waals surface area contributed by atoms with E-state index in [9.17, 15) is 9.59 Å². The topological polar surface area (TPSA) is 66.4 Å². The molecule has 0 bridgehead atoms. The molecule has 0 N–H and O–H groups in total. The number of likely N-dealkylation sites (tertiary alicyclic amines) is 2. The summed E-state index contributed by atoms with van der Waals surface area (Å²) in [6, 6.07) is 0. The third kappa shape index (κ3) is 4.47. The van der Waals surface area contributed by atoms with Crippen LogP contribution in [0.15, 0.2) is 6.20 Å². The van der Waals surface area contributed by atoms with Crippen LogP contribution in [-0.2, 0) is 4.79 Å². The Kier molecular flexibility index (Phi) is 5.82. The molecule has 0 radical (unpaired) electrons. The van der Waals surface area contributed by atoms with Crippen molar-refractivity contribution < 1.29 is 9.59 Å². The normalized spacial score (nSPS) is 23.4. The quantitative estimate of drug-likeness (QED) is 0.815. The van der Waals surface area contributed by atoms with Crippen molar-refractivity contribution in [2.75, 3.05) is 26.2 Å². The number of hydrogen-bond acceptors (Lipinski definition) is 4. The molecule has 6 nitrogen and oxygen atoms in total. The van der Waals surface area contributed by atoms with Gasteiger partial charge in [-0.15, -0.1) is 0 Å². The van der Waals surface area contributed by atoms with Gasteiger partial charge in [0, 0.05) is 44.2 Å². The van der Waals surface area contributed by atoms with Gasteiger partial charge < -0.3 is 9.80 Å². The Morgan fingerprint density at radius 1 is 1.26 bits per heavy atom. The number of nitrogens with zero attached hydrogens (tertiary/aromatic N) is 4. The fraction of sp³-hybridized carbons (Fsp3) is 0.714. The fourth-order valence-corrected chi connectivity index (χ4v) is 4.40. The van der Waals surface area contributed by atoms with Gasteiger partial charge in [-0.1, -0.05) is 13.8 Å². The van der Waals surface area contributed by atoms with Gasteiger partial charge in [0.25, 0.3) is 5.91 Å². The number of hydrogen-bond donors (Lipinski definition) is 0. The van der Waals surface area contributed by atoms with Gasteiger partial charge in [-0.2, -0.15) is 0 Å². The Morgan fingerprint density at radius 3 is 2.74 bits per heavy atom. The van der Waals surface area contributed by atoms with E-state index >= 15 is 0 Å². The molecule has 148 valence electrons. The molecule has 1 unspecified atom stereocenters. The van der Waals surface area contributed by atoms with Gasteiger partial charge in [0.2, 0.25) is 5.91 Å². The highest BCUT2D eigenvalue weighted by Gasteiger charge is 2.42. The molecule has 3 rings (SSSR count). The standard InChI is InChI=1S/C21H32N4O2/c1-15(2)7-11-24-13-21(9-6-19(24)26)8-5-10-25(14-21)20(27)18-12-22-17(4)23-16(18)3/h12,15H,5-11,13-14H2,1-4H3. The van der Waals surface area contributed by atoms with Crippen molar-refractivity contribution in [3.05, 3.63) is 23.3 Å². The first-order valence-electron chi connectivity index (χ1n) is 10.2. The van der Waals surface area contributed by atoms with Crippen LogP contribution in [0.3, 0.4) is 0 Å². The van der Waals surface area contributed by atoms with Gasteiger partial charge in [0.15, 0.2) is 0 Å². The van der Waals surface area contributed by atoms with E-state index in [1.165, 1.54) is 0 Å². The molecular weight excluding hydrogens is 340 g/mol. The number of rotatable bonds is 4. The zero-order valence-electron chi connectivity index (χ0n) is 17.1. The third-order valence-electron chi connectivity index (χ3n) is 6.00. The second-order valence-electron chi connectivity index (χ2n) is 8.74. The van der Waals surface area contributed by atoms with Crippen LogP contribution in [0, 0.1) is 25.2 Å². The molecule has 2 fully saturated rings. The maximum absolute atomic E-state index is 13.1. The van der Waals surface area contributed by atoms with Crippen molar-refractivity contribution in [2.24, 2.45) is 11.3 Å². The second kappa shape index (κ2) is 7.95. The predicted molar refractivity (Wildman–Crippen MR) is 104 cm³/mol. The fourth-order valence-electron chi connectivity index (χ4n) is 4.40. The minimum Gasteiger partial charge on any atom is -0.342 e. The molecule has 2 aliphatic heterocycles. The van der Waals surface area contributed by atoms with Crippen LogP contribution in [0.2, 0.25) is 0 Å². The molecule has 1 spiro atoms. The lowest BCUT2D eigenvalue weighted by Gasteiger charge is -2.48. The van der Waals surface area contributed by atoms with E-state index in [0.29, 0.717) is 23.7 Å². The van der Waals surface area contributed by atoms with Crippen molar-refractivity contribution in [3.63, 3.8) is 0 Å². The molecule has 3 heterocycles. The Balaban J connectivity index is 1.72. The molecule has 0 aliphatic carbocycles. The van der Waals surface area contributed by atoms with Gasteiger partial charge in [-0.3, -0.25) is 9.59 Å². The Bertz CT molecular complexity index is 718. The average molecular weight is 373 g/mol. The number of amides is 2. The summed E-state index contributed by atoms with van der Waals surface area (Å²) in [4.78, 5) is 38.0. The molecule has 27 heavy (non-hydrogen) atoms. The summed E-state index contributed by atoms with van der Waals surface area (Å²) >= 11 is 0. The molecular formula is C21H32N4O2. The molecule has 1 aromatic heterocycles. The molecule has 1 atom stereocenters. The number of aromatic nitrogens is 2. The van der Waals surface area contributed by atoms with Crippen LogP contribution in [0.4, 0.5) is 0 Å². The van der Waals surface area contributed by atoms with Gasteiger partial charge in [-0.25, -0.2) is 9.97 Å². The van der Waals surface area contributed by atoms with Gasteiger partial charge in [0.1, 0.15) is 5.82 Å². The number of aryl methyl sites for hydroxylation is 2. The van der Waals surface area contributed by atoms with Crippen LogP contribution < -0.4 is 0 Å². The summed E-state index contributed by atoms with van der Waals surface area (Å²) < 4.78 is 0. The maximum Gasteiger partial charge on any atom is 0.257 e. The van der Waals surface area contributed by atoms with Crippen LogP contribution in [0.25, 0.3) is 0 Å². The molecule has 2 saturated heterocycles. The van der Waals surface area contributed by atoms with Crippen LogP contribution >= 0.6 is 0 Å². The van der Waals surface area contributed by atoms with Crippen molar-refractivity contribution >= 4 is 11.8 Å². The third-order valence-corrected chi connectivity index (χ3v) is 6.00. The first-order valence-corrected chi connectivity index (χ1v) is 10.2. The van der Waals surface area contributed by atoms with E-state index in [0.717, 1.165) is 57.6 Å². The Hall–Kier alpha value is -1.98. The predicted octanol–water partition coefficient (Wildman–Crippen LogP) is 2.98. The first kappa shape index (κ1) is 19.8. The summed E-state index contributed by atoms with van der Waals surface area (Å²) in [6.45, 7) is 11.2. The summed E-state index contributed by atoms with van der Waals surface area (Å²) in [6.07, 6.45) is 6.25. The van der Waals surface area contributed by atoms with Crippen molar-refractivity contribution in [1.29, 1.82) is 0 Å². The molecule has 1 aromatic rings. The zero-order chi connectivity index (χ0) is 19.6. The van der Waals surface area contributed by atoms with E-state index < -0.39 is 0 Å². The van der Waals surface area contributed by atoms with Crippen LogP contribution in [-0.4, -0.2) is 57.8 Å². The van der Waals surface area contributed by atoms with Crippen molar-refractivity contribution in [2.45, 2.75) is 59.8 Å². The van der Waals surface area contributed by atoms with E-state index in [4.69, 9.17) is 0 Å². The summed E-state index contributed by atoms with van der Waals surface area (Å²) in [5.74, 6) is 1.57. The highest BCUT2D eigenvalue weighted by Crippen LogP contribution is 2.39. The second-order valence-corrected chi connectivity index (χ2v) is 8.74. The Labute approximate surface area is 162 Å². The smallest absolute Gasteiger partial charge is 0.257 e. The number of carbonyl (C=O) groups is 2. The molecule has 2 aliphatic rings. The van der Waals surface area contributed by atoms with E-state index in [2.05, 4.69) is 23.8 Å². The van der Waals surface area contributed by atoms with Crippen molar-refractivity contribution in [3.8, 4) is 0 Å². The highest BCUT2D eigenvalue weighted by atomic mass is 16.2. The monoisotopic (exact) mass is 372 g/mol.